The van der Waals surface area contributed by atoms with Crippen molar-refractivity contribution in [3.05, 3.63) is 70.8 Å². The third-order valence-electron chi connectivity index (χ3n) is 3.77. The van der Waals surface area contributed by atoms with E-state index in [2.05, 4.69) is 48.5 Å². The number of rotatable bonds is 0. The summed E-state index contributed by atoms with van der Waals surface area (Å²) >= 11 is 0. The van der Waals surface area contributed by atoms with E-state index in [0.717, 1.165) is 0 Å². The summed E-state index contributed by atoms with van der Waals surface area (Å²) in [5.74, 6) is 0. The first-order valence-corrected chi connectivity index (χ1v) is 7.13. The molecular weight excluding hydrogens is 213 g/mol. The van der Waals surface area contributed by atoms with E-state index in [1.807, 2.05) is 0 Å². The van der Waals surface area contributed by atoms with Gasteiger partial charge in [-0.2, -0.15) is 0 Å². The summed E-state index contributed by atoms with van der Waals surface area (Å²) < 4.78 is 0. The standard InChI is InChI=1S/C14H12NP/c15-16-13-9-5-1-2-6-10(9)14(16)12-8-4-3-7-11(12)13/h1-8,13-14H,15H2. The zero-order chi connectivity index (χ0) is 10.7. The summed E-state index contributed by atoms with van der Waals surface area (Å²) in [6.07, 6.45) is 0. The van der Waals surface area contributed by atoms with Crippen molar-refractivity contribution in [1.29, 1.82) is 0 Å². The van der Waals surface area contributed by atoms with Crippen LogP contribution in [0.1, 0.15) is 33.6 Å². The molecule has 0 aromatic heterocycles. The van der Waals surface area contributed by atoms with Gasteiger partial charge >= 0.3 is 0 Å². The molecule has 0 unspecified atom stereocenters. The molecular formula is C14H12NP. The van der Waals surface area contributed by atoms with Crippen LogP contribution in [-0.4, -0.2) is 0 Å². The van der Waals surface area contributed by atoms with E-state index in [9.17, 15) is 0 Å². The number of hydrogen-bond acceptors (Lipinski definition) is 1. The van der Waals surface area contributed by atoms with Gasteiger partial charge < -0.3 is 5.50 Å². The number of fused-ring (bicyclic) bond motifs is 8. The number of benzene rings is 2. The highest BCUT2D eigenvalue weighted by Crippen LogP contribution is 2.74. The minimum absolute atomic E-state index is 0.430. The minimum Gasteiger partial charge on any atom is -0.308 e. The molecule has 0 spiro atoms. The van der Waals surface area contributed by atoms with Gasteiger partial charge in [0.05, 0.1) is 0 Å². The molecule has 2 aromatic rings. The molecule has 2 aromatic carbocycles. The lowest BCUT2D eigenvalue weighted by molar-refractivity contribution is 1.04. The number of hydrogen-bond donors (Lipinski definition) is 1. The lowest BCUT2D eigenvalue weighted by Crippen LogP contribution is -2.01. The predicted octanol–water partition coefficient (Wildman–Crippen LogP) is 3.55. The molecule has 78 valence electrons. The van der Waals surface area contributed by atoms with E-state index < -0.39 is 8.07 Å². The minimum atomic E-state index is -0.430. The highest BCUT2D eigenvalue weighted by molar-refractivity contribution is 7.57. The molecule has 0 saturated heterocycles. The maximum atomic E-state index is 6.45. The summed E-state index contributed by atoms with van der Waals surface area (Å²) in [4.78, 5) is 0. The maximum absolute atomic E-state index is 6.45. The molecule has 0 saturated carbocycles. The molecule has 0 radical (unpaired) electrons. The molecule has 1 nitrogen and oxygen atoms in total. The van der Waals surface area contributed by atoms with Crippen LogP contribution in [0.25, 0.3) is 0 Å². The Bertz CT molecular complexity index is 481. The van der Waals surface area contributed by atoms with Crippen LogP contribution < -0.4 is 5.50 Å². The summed E-state index contributed by atoms with van der Waals surface area (Å²) in [5.41, 5.74) is 13.3. The molecule has 4 rings (SSSR count). The zero-order valence-corrected chi connectivity index (χ0v) is 9.69. The second kappa shape index (κ2) is 2.94. The van der Waals surface area contributed by atoms with Crippen molar-refractivity contribution in [3.63, 3.8) is 0 Å². The van der Waals surface area contributed by atoms with Gasteiger partial charge in [-0.1, -0.05) is 48.5 Å². The first-order valence-electron chi connectivity index (χ1n) is 5.58. The lowest BCUT2D eigenvalue weighted by atomic mass is 9.86. The summed E-state index contributed by atoms with van der Waals surface area (Å²) in [6, 6.07) is 17.5. The zero-order valence-electron chi connectivity index (χ0n) is 8.80. The van der Waals surface area contributed by atoms with Gasteiger partial charge in [-0.25, -0.2) is 0 Å². The van der Waals surface area contributed by atoms with Crippen LogP contribution in [0.3, 0.4) is 0 Å². The van der Waals surface area contributed by atoms with Gasteiger partial charge in [-0.15, -0.1) is 0 Å². The Morgan fingerprint density at radius 1 is 0.688 bits per heavy atom. The Labute approximate surface area is 96.1 Å². The van der Waals surface area contributed by atoms with Gasteiger partial charge in [0.2, 0.25) is 0 Å². The Hall–Kier alpha value is -1.17. The fourth-order valence-electron chi connectivity index (χ4n) is 3.14. The molecule has 0 atom stereocenters. The van der Waals surface area contributed by atoms with E-state index in [-0.39, 0.29) is 0 Å². The second-order valence-electron chi connectivity index (χ2n) is 4.51. The van der Waals surface area contributed by atoms with Crippen LogP contribution >= 0.6 is 8.07 Å². The smallest absolute Gasteiger partial charge is 0.0435 e. The SMILES string of the molecule is NP1C2c3ccccc3C1c1ccccc12. The van der Waals surface area contributed by atoms with Gasteiger partial charge in [0.15, 0.2) is 0 Å². The third kappa shape index (κ3) is 0.893. The van der Waals surface area contributed by atoms with Crippen LogP contribution in [0.5, 0.6) is 0 Å². The molecule has 2 heteroatoms. The third-order valence-corrected chi connectivity index (χ3v) is 6.07. The van der Waals surface area contributed by atoms with Crippen molar-refractivity contribution in [3.8, 4) is 0 Å². The molecule has 2 aliphatic rings. The van der Waals surface area contributed by atoms with E-state index in [4.69, 9.17) is 5.50 Å². The van der Waals surface area contributed by atoms with Gasteiger partial charge in [-0.05, 0) is 30.3 Å². The highest BCUT2D eigenvalue weighted by Gasteiger charge is 2.47. The Morgan fingerprint density at radius 2 is 1.00 bits per heavy atom. The first-order chi connectivity index (χ1) is 7.88. The molecule has 2 N–H and O–H groups in total. The molecule has 2 bridgehead atoms. The molecule has 2 aliphatic heterocycles. The van der Waals surface area contributed by atoms with E-state index in [1.54, 1.807) is 0 Å². The van der Waals surface area contributed by atoms with Crippen molar-refractivity contribution < 1.29 is 0 Å². The van der Waals surface area contributed by atoms with Crippen molar-refractivity contribution >= 4 is 8.07 Å². The molecule has 0 fully saturated rings. The van der Waals surface area contributed by atoms with Gasteiger partial charge in [-0.3, -0.25) is 0 Å². The molecule has 0 amide bonds. The summed E-state index contributed by atoms with van der Waals surface area (Å²) in [6.45, 7) is 0. The fraction of sp³-hybridized carbons (Fsp3) is 0.143. The van der Waals surface area contributed by atoms with E-state index >= 15 is 0 Å². The average Bonchev–Trinajstić information content (AvgIpc) is 2.78. The Balaban J connectivity index is 2.04. The van der Waals surface area contributed by atoms with Crippen LogP contribution in [0.4, 0.5) is 0 Å². The van der Waals surface area contributed by atoms with Crippen LogP contribution in [0, 0.1) is 0 Å². The number of nitrogens with two attached hydrogens (primary N) is 1. The van der Waals surface area contributed by atoms with Gasteiger partial charge in [0, 0.05) is 11.3 Å². The fourth-order valence-corrected chi connectivity index (χ4v) is 5.67. The predicted molar refractivity (Wildman–Crippen MR) is 67.7 cm³/mol. The summed E-state index contributed by atoms with van der Waals surface area (Å²) in [7, 11) is -0.430. The normalized spacial score (nSPS) is 28.9. The van der Waals surface area contributed by atoms with Gasteiger partial charge in [0.1, 0.15) is 0 Å². The van der Waals surface area contributed by atoms with E-state index in [1.165, 1.54) is 22.3 Å². The average molecular weight is 225 g/mol. The van der Waals surface area contributed by atoms with E-state index in [0.29, 0.717) is 11.3 Å². The second-order valence-corrected chi connectivity index (χ2v) is 6.44. The van der Waals surface area contributed by atoms with Crippen molar-refractivity contribution in [2.75, 3.05) is 0 Å². The quantitative estimate of drug-likeness (QED) is 0.682. The largest absolute Gasteiger partial charge is 0.308 e. The highest BCUT2D eigenvalue weighted by atomic mass is 31.1. The van der Waals surface area contributed by atoms with Gasteiger partial charge in [0.25, 0.3) is 0 Å². The molecule has 0 aliphatic carbocycles. The summed E-state index contributed by atoms with van der Waals surface area (Å²) in [5, 5.41) is 0. The van der Waals surface area contributed by atoms with Crippen molar-refractivity contribution in [1.82, 2.24) is 0 Å². The maximum Gasteiger partial charge on any atom is 0.0435 e. The molecule has 2 heterocycles. The van der Waals surface area contributed by atoms with Crippen molar-refractivity contribution in [2.24, 2.45) is 5.50 Å². The first kappa shape index (κ1) is 8.92. The Kier molecular flexibility index (Phi) is 1.64. The topological polar surface area (TPSA) is 26.0 Å². The van der Waals surface area contributed by atoms with Crippen LogP contribution in [0.2, 0.25) is 0 Å². The Morgan fingerprint density at radius 3 is 1.31 bits per heavy atom. The molecule has 16 heavy (non-hydrogen) atoms. The monoisotopic (exact) mass is 225 g/mol. The lowest BCUT2D eigenvalue weighted by Gasteiger charge is -2.17. The van der Waals surface area contributed by atoms with Crippen molar-refractivity contribution in [2.45, 2.75) is 11.3 Å². The van der Waals surface area contributed by atoms with Crippen LogP contribution in [0.15, 0.2) is 48.5 Å². The van der Waals surface area contributed by atoms with Crippen LogP contribution in [-0.2, 0) is 0 Å².